The Morgan fingerprint density at radius 3 is 1.81 bits per heavy atom. The first-order chi connectivity index (χ1) is 19.5. The number of hydrogen-bond donors (Lipinski definition) is 0. The third-order valence-electron chi connectivity index (χ3n) is 11.4. The molecule has 0 spiro atoms. The van der Waals surface area contributed by atoms with Crippen LogP contribution in [0.4, 0.5) is 0 Å². The van der Waals surface area contributed by atoms with Crippen LogP contribution in [-0.2, 0) is 21.3 Å². The van der Waals surface area contributed by atoms with Crippen molar-refractivity contribution in [3.8, 4) is 11.1 Å². The average Bonchev–Trinajstić information content (AvgIpc) is 3.40. The molecule has 0 amide bonds. The van der Waals surface area contributed by atoms with E-state index in [1.54, 1.807) is 22.3 Å². The summed E-state index contributed by atoms with van der Waals surface area (Å²) >= 11 is -2.40. The van der Waals surface area contributed by atoms with Crippen molar-refractivity contribution in [2.45, 2.75) is 69.3 Å². The number of benzene rings is 3. The Bertz CT molecular complexity index is 1510. The molecule has 1 unspecified atom stereocenters. The minimum atomic E-state index is -2.40. The Hall–Kier alpha value is -1.53. The van der Waals surface area contributed by atoms with Crippen molar-refractivity contribution in [3.05, 3.63) is 116 Å². The second kappa shape index (κ2) is 11.8. The fraction of sp³-hybridized carbons (Fsp3) is 0.410. The molecule has 3 aromatic rings. The summed E-state index contributed by atoms with van der Waals surface area (Å²) in [5.74, 6) is 3.66. The van der Waals surface area contributed by atoms with Crippen LogP contribution in [0.15, 0.2) is 93.3 Å². The van der Waals surface area contributed by atoms with Gasteiger partial charge in [0.1, 0.15) is 0 Å². The molecule has 3 aromatic carbocycles. The van der Waals surface area contributed by atoms with Gasteiger partial charge in [0, 0.05) is 0 Å². The van der Waals surface area contributed by atoms with E-state index >= 15 is 0 Å². The average molecular weight is 673 g/mol. The smallest absolute Gasteiger partial charge is 1.00 e. The zero-order chi connectivity index (χ0) is 27.0. The number of fused-ring (bicyclic) bond motifs is 3. The Balaban J connectivity index is 0.00000158. The van der Waals surface area contributed by atoms with Gasteiger partial charge in [0.2, 0.25) is 0 Å². The van der Waals surface area contributed by atoms with E-state index in [1.807, 2.05) is 3.28 Å². The molecule has 4 fully saturated rings. The van der Waals surface area contributed by atoms with Gasteiger partial charge in [-0.15, -0.1) is 0 Å². The molecule has 0 heterocycles. The number of halogens is 2. The molecular formula is C39H42Cl2Zr. The van der Waals surface area contributed by atoms with Gasteiger partial charge in [-0.2, -0.15) is 0 Å². The largest absolute Gasteiger partial charge is 1.00 e. The van der Waals surface area contributed by atoms with Crippen molar-refractivity contribution < 1.29 is 46.1 Å². The van der Waals surface area contributed by atoms with Gasteiger partial charge >= 0.3 is 250 Å². The summed E-state index contributed by atoms with van der Waals surface area (Å²) in [5.41, 5.74) is 12.9. The van der Waals surface area contributed by atoms with Crippen LogP contribution in [0.2, 0.25) is 0 Å². The van der Waals surface area contributed by atoms with Gasteiger partial charge in [-0.25, -0.2) is 0 Å². The van der Waals surface area contributed by atoms with Crippen LogP contribution in [0.25, 0.3) is 11.1 Å². The van der Waals surface area contributed by atoms with E-state index in [0.717, 1.165) is 17.8 Å². The van der Waals surface area contributed by atoms with Crippen LogP contribution < -0.4 is 24.8 Å². The summed E-state index contributed by atoms with van der Waals surface area (Å²) < 4.78 is 5.22. The van der Waals surface area contributed by atoms with E-state index in [2.05, 4.69) is 103 Å². The van der Waals surface area contributed by atoms with Gasteiger partial charge in [-0.3, -0.25) is 0 Å². The van der Waals surface area contributed by atoms with Crippen molar-refractivity contribution in [2.24, 2.45) is 29.1 Å². The molecule has 4 saturated carbocycles. The molecule has 0 aliphatic heterocycles. The Labute approximate surface area is 273 Å². The van der Waals surface area contributed by atoms with Crippen LogP contribution in [0.1, 0.15) is 84.7 Å². The number of aryl methyl sites for hydroxylation is 1. The third-order valence-corrected chi connectivity index (χ3v) is 19.6. The third kappa shape index (κ3) is 5.14. The van der Waals surface area contributed by atoms with Crippen molar-refractivity contribution in [3.63, 3.8) is 0 Å². The molecule has 0 nitrogen and oxygen atoms in total. The van der Waals surface area contributed by atoms with Crippen molar-refractivity contribution in [2.75, 3.05) is 0 Å². The quantitative estimate of drug-likeness (QED) is 0.385. The molecule has 6 aliphatic carbocycles. The normalized spacial score (nSPS) is 28.7. The number of allylic oxidation sites excluding steroid dienone is 4. The van der Waals surface area contributed by atoms with Crippen molar-refractivity contribution >= 4 is 3.71 Å². The van der Waals surface area contributed by atoms with Gasteiger partial charge < -0.3 is 24.8 Å². The zero-order valence-corrected chi connectivity index (χ0v) is 29.1. The molecule has 3 heteroatoms. The maximum atomic E-state index is 2.81. The summed E-state index contributed by atoms with van der Waals surface area (Å²) in [6, 6.07) is 28.0. The molecule has 4 bridgehead atoms. The second-order valence-electron chi connectivity index (χ2n) is 14.2. The molecule has 6 aliphatic rings. The van der Waals surface area contributed by atoms with Crippen LogP contribution >= 0.6 is 0 Å². The first-order valence-electron chi connectivity index (χ1n) is 15.8. The maximum absolute atomic E-state index is 2.81. The van der Waals surface area contributed by atoms with Gasteiger partial charge in [0.25, 0.3) is 0 Å². The Kier molecular flexibility index (Phi) is 8.54. The summed E-state index contributed by atoms with van der Waals surface area (Å²) in [6.07, 6.45) is 13.2. The number of rotatable bonds is 5. The van der Waals surface area contributed by atoms with Crippen molar-refractivity contribution in [1.82, 2.24) is 0 Å². The minimum Gasteiger partial charge on any atom is -1.00 e. The first-order valence-corrected chi connectivity index (χ1v) is 19.9. The molecule has 42 heavy (non-hydrogen) atoms. The SMILES string of the molecule is CC1=[C](/[Zr+2](=[CH]/c2ccc(C)cc2)[CH]2c3ccccc3-c3ccccc32)C(C)C=C1CC12CC3CC(CC(C3)C1)C2.[Cl-].[Cl-]. The van der Waals surface area contributed by atoms with Crippen LogP contribution in [0.5, 0.6) is 0 Å². The van der Waals surface area contributed by atoms with Crippen LogP contribution in [0, 0.1) is 36.0 Å². The fourth-order valence-corrected chi connectivity index (χ4v) is 19.0. The van der Waals surface area contributed by atoms with E-state index in [0.29, 0.717) is 15.0 Å². The van der Waals surface area contributed by atoms with E-state index < -0.39 is 21.3 Å². The number of hydrogen-bond acceptors (Lipinski definition) is 0. The van der Waals surface area contributed by atoms with Gasteiger partial charge in [-0.05, 0) is 0 Å². The molecule has 1 atom stereocenters. The van der Waals surface area contributed by atoms with E-state index in [4.69, 9.17) is 0 Å². The first kappa shape index (κ1) is 30.5. The molecule has 0 N–H and O–H groups in total. The van der Waals surface area contributed by atoms with Crippen LogP contribution in [0.3, 0.4) is 0 Å². The molecule has 0 radical (unpaired) electrons. The summed E-state index contributed by atoms with van der Waals surface area (Å²) in [5, 5.41) is 0. The van der Waals surface area contributed by atoms with Gasteiger partial charge in [0.05, 0.1) is 0 Å². The summed E-state index contributed by atoms with van der Waals surface area (Å²) in [6.45, 7) is 7.27. The summed E-state index contributed by atoms with van der Waals surface area (Å²) in [4.78, 5) is 0. The predicted octanol–water partition coefficient (Wildman–Crippen LogP) is 4.00. The standard InChI is InChI=1S/C18H25.C13H9.C8H8.2ClH.Zr/c1-12-3-13(2)17(4-12)11-18-8-14-5-15(9-18)7-16(6-14)10-18;1-3-7-12-10(5-1)9-11-6-2-4-8-13(11)12;1-7-3-5-8(2)6-4-7;;;/h4,12,14-16H,5-11H2,1-2H3;1-9H;1,3-6H,2H3;2*1H;/q;;;;;+2/p-2. The summed E-state index contributed by atoms with van der Waals surface area (Å²) in [7, 11) is 0. The van der Waals surface area contributed by atoms with E-state index in [1.165, 1.54) is 67.2 Å². The van der Waals surface area contributed by atoms with Crippen LogP contribution in [-0.4, -0.2) is 3.71 Å². The molecular weight excluding hydrogens is 631 g/mol. The van der Waals surface area contributed by atoms with E-state index in [-0.39, 0.29) is 24.8 Å². The van der Waals surface area contributed by atoms with Gasteiger partial charge in [-0.1, -0.05) is 0 Å². The predicted molar refractivity (Wildman–Crippen MR) is 165 cm³/mol. The molecule has 0 saturated heterocycles. The van der Waals surface area contributed by atoms with Gasteiger partial charge in [0.15, 0.2) is 0 Å². The topological polar surface area (TPSA) is 0 Å². The Morgan fingerprint density at radius 2 is 1.26 bits per heavy atom. The molecule has 0 aromatic heterocycles. The minimum absolute atomic E-state index is 0. The Morgan fingerprint density at radius 1 is 0.738 bits per heavy atom. The maximum Gasteiger partial charge on any atom is -1.00 e. The fourth-order valence-electron chi connectivity index (χ4n) is 10.3. The zero-order valence-electron chi connectivity index (χ0n) is 25.2. The monoisotopic (exact) mass is 670 g/mol. The van der Waals surface area contributed by atoms with E-state index in [9.17, 15) is 0 Å². The van der Waals surface area contributed by atoms with Crippen molar-refractivity contribution in [1.29, 1.82) is 0 Å². The molecule has 216 valence electrons. The molecule has 9 rings (SSSR count). The second-order valence-corrected chi connectivity index (χ2v) is 19.9.